The van der Waals surface area contributed by atoms with Gasteiger partial charge in [-0.25, -0.2) is 0 Å². The fourth-order valence-electron chi connectivity index (χ4n) is 4.29. The Hall–Kier alpha value is -0.0800. The summed E-state index contributed by atoms with van der Waals surface area (Å²) in [5.41, 5.74) is 6.06. The molecule has 0 bridgehead atoms. The van der Waals surface area contributed by atoms with Crippen molar-refractivity contribution in [3.8, 4) is 0 Å². The Morgan fingerprint density at radius 2 is 1.68 bits per heavy atom. The van der Waals surface area contributed by atoms with Gasteiger partial charge in [0.25, 0.3) is 0 Å². The Morgan fingerprint density at radius 1 is 1.00 bits per heavy atom. The summed E-state index contributed by atoms with van der Waals surface area (Å²) in [5.74, 6) is 1.75. The molecule has 0 amide bonds. The minimum atomic E-state index is 0.771. The average Bonchev–Trinajstić information content (AvgIpc) is 2.39. The highest BCUT2D eigenvalue weighted by molar-refractivity contribution is 4.87. The molecule has 0 spiro atoms. The smallest absolute Gasteiger partial charge is 0.0138 e. The minimum absolute atomic E-state index is 0.771. The molecule has 3 unspecified atom stereocenters. The van der Waals surface area contributed by atoms with Crippen molar-refractivity contribution in [1.82, 2.24) is 4.90 Å². The number of nitrogens with zero attached hydrogens (tertiary/aromatic N) is 1. The monoisotopic (exact) mass is 266 g/mol. The van der Waals surface area contributed by atoms with Gasteiger partial charge in [0.05, 0.1) is 0 Å². The molecular weight excluding hydrogens is 232 g/mol. The van der Waals surface area contributed by atoms with E-state index in [1.165, 1.54) is 77.3 Å². The zero-order valence-corrected chi connectivity index (χ0v) is 12.9. The first-order valence-corrected chi connectivity index (χ1v) is 8.79. The fourth-order valence-corrected chi connectivity index (χ4v) is 4.29. The van der Waals surface area contributed by atoms with E-state index >= 15 is 0 Å². The van der Waals surface area contributed by atoms with Gasteiger partial charge in [0.15, 0.2) is 0 Å². The molecule has 0 radical (unpaired) electrons. The maximum atomic E-state index is 6.06. The van der Waals surface area contributed by atoms with Crippen LogP contribution in [0.5, 0.6) is 0 Å². The predicted molar refractivity (Wildman–Crippen MR) is 83.2 cm³/mol. The number of rotatable bonds is 4. The molecule has 2 fully saturated rings. The van der Waals surface area contributed by atoms with Gasteiger partial charge in [0.2, 0.25) is 0 Å². The molecule has 1 aliphatic heterocycles. The molecule has 2 nitrogen and oxygen atoms in total. The molecule has 0 aromatic heterocycles. The zero-order valence-electron chi connectivity index (χ0n) is 12.9. The first-order chi connectivity index (χ1) is 9.35. The van der Waals surface area contributed by atoms with Crippen LogP contribution >= 0.6 is 0 Å². The van der Waals surface area contributed by atoms with Crippen LogP contribution < -0.4 is 5.73 Å². The topological polar surface area (TPSA) is 29.3 Å². The van der Waals surface area contributed by atoms with Crippen molar-refractivity contribution < 1.29 is 0 Å². The summed E-state index contributed by atoms with van der Waals surface area (Å²) in [4.78, 5) is 2.82. The van der Waals surface area contributed by atoms with E-state index in [4.69, 9.17) is 5.73 Å². The SMILES string of the molecule is CCCC1CCC(CN)C(N2CCCCCCC2)C1. The summed E-state index contributed by atoms with van der Waals surface area (Å²) in [7, 11) is 0. The van der Waals surface area contributed by atoms with Crippen molar-refractivity contribution in [2.75, 3.05) is 19.6 Å². The number of likely N-dealkylation sites (tertiary alicyclic amines) is 1. The second kappa shape index (κ2) is 8.26. The Labute approximate surface area is 120 Å². The van der Waals surface area contributed by atoms with E-state index in [1.807, 2.05) is 0 Å². The molecule has 0 aromatic rings. The summed E-state index contributed by atoms with van der Waals surface area (Å²) in [6.07, 6.45) is 14.2. The zero-order chi connectivity index (χ0) is 13.5. The molecule has 1 saturated heterocycles. The third kappa shape index (κ3) is 4.46. The molecule has 2 heteroatoms. The fraction of sp³-hybridized carbons (Fsp3) is 1.00. The van der Waals surface area contributed by atoms with E-state index < -0.39 is 0 Å². The highest BCUT2D eigenvalue weighted by Crippen LogP contribution is 2.35. The molecule has 112 valence electrons. The highest BCUT2D eigenvalue weighted by Gasteiger charge is 2.33. The second-order valence-electron chi connectivity index (χ2n) is 6.83. The van der Waals surface area contributed by atoms with Crippen LogP contribution in [0.15, 0.2) is 0 Å². The van der Waals surface area contributed by atoms with Crippen LogP contribution in [0.3, 0.4) is 0 Å². The molecule has 0 aromatic carbocycles. The normalized spacial score (nSPS) is 34.7. The lowest BCUT2D eigenvalue weighted by atomic mass is 9.75. The lowest BCUT2D eigenvalue weighted by Gasteiger charge is -2.43. The molecule has 2 rings (SSSR count). The minimum Gasteiger partial charge on any atom is -0.330 e. The Balaban J connectivity index is 1.94. The van der Waals surface area contributed by atoms with Crippen molar-refractivity contribution >= 4 is 0 Å². The molecule has 2 N–H and O–H groups in total. The van der Waals surface area contributed by atoms with E-state index in [0.717, 1.165) is 24.4 Å². The average molecular weight is 266 g/mol. The van der Waals surface area contributed by atoms with Crippen molar-refractivity contribution in [1.29, 1.82) is 0 Å². The number of hydrogen-bond acceptors (Lipinski definition) is 2. The van der Waals surface area contributed by atoms with Gasteiger partial charge >= 0.3 is 0 Å². The second-order valence-corrected chi connectivity index (χ2v) is 6.83. The third-order valence-corrected chi connectivity index (χ3v) is 5.42. The van der Waals surface area contributed by atoms with Crippen molar-refractivity contribution in [2.24, 2.45) is 17.6 Å². The van der Waals surface area contributed by atoms with Crippen LogP contribution in [-0.2, 0) is 0 Å². The van der Waals surface area contributed by atoms with Gasteiger partial charge in [-0.3, -0.25) is 0 Å². The maximum Gasteiger partial charge on any atom is 0.0138 e. The van der Waals surface area contributed by atoms with Crippen molar-refractivity contribution in [3.05, 3.63) is 0 Å². The van der Waals surface area contributed by atoms with E-state index in [0.29, 0.717) is 0 Å². The largest absolute Gasteiger partial charge is 0.330 e. The van der Waals surface area contributed by atoms with Crippen LogP contribution in [-0.4, -0.2) is 30.6 Å². The Bertz CT molecular complexity index is 233. The van der Waals surface area contributed by atoms with E-state index in [-0.39, 0.29) is 0 Å². The quantitative estimate of drug-likeness (QED) is 0.838. The number of nitrogens with two attached hydrogens (primary N) is 1. The van der Waals surface area contributed by atoms with Crippen LogP contribution in [0.4, 0.5) is 0 Å². The Kier molecular flexibility index (Phi) is 6.66. The van der Waals surface area contributed by atoms with Gasteiger partial charge in [-0.05, 0) is 57.2 Å². The molecule has 3 atom stereocenters. The van der Waals surface area contributed by atoms with Crippen molar-refractivity contribution in [2.45, 2.75) is 77.2 Å². The lowest BCUT2D eigenvalue weighted by Crippen LogP contribution is -2.48. The molecular formula is C17H34N2. The standard InChI is InChI=1S/C17H34N2/c1-2-8-15-9-10-16(14-18)17(13-15)19-11-6-4-3-5-7-12-19/h15-17H,2-14,18H2,1H3. The van der Waals surface area contributed by atoms with Gasteiger partial charge in [0, 0.05) is 6.04 Å². The number of hydrogen-bond donors (Lipinski definition) is 1. The first-order valence-electron chi connectivity index (χ1n) is 8.79. The summed E-state index contributed by atoms with van der Waals surface area (Å²) in [6.45, 7) is 5.90. The molecule has 1 saturated carbocycles. The van der Waals surface area contributed by atoms with Crippen LogP contribution in [0.25, 0.3) is 0 Å². The van der Waals surface area contributed by atoms with Gasteiger partial charge < -0.3 is 10.6 Å². The Morgan fingerprint density at radius 3 is 2.32 bits per heavy atom. The molecule has 19 heavy (non-hydrogen) atoms. The summed E-state index contributed by atoms with van der Waals surface area (Å²) in [6, 6.07) is 0.799. The predicted octanol–water partition coefficient (Wildman–Crippen LogP) is 3.80. The van der Waals surface area contributed by atoms with E-state index in [9.17, 15) is 0 Å². The summed E-state index contributed by atoms with van der Waals surface area (Å²) in [5, 5.41) is 0. The summed E-state index contributed by atoms with van der Waals surface area (Å²) >= 11 is 0. The van der Waals surface area contributed by atoms with Crippen molar-refractivity contribution in [3.63, 3.8) is 0 Å². The van der Waals surface area contributed by atoms with Crippen LogP contribution in [0.1, 0.15) is 71.1 Å². The van der Waals surface area contributed by atoms with E-state index in [2.05, 4.69) is 11.8 Å². The third-order valence-electron chi connectivity index (χ3n) is 5.42. The molecule has 2 aliphatic rings. The molecule has 1 aliphatic carbocycles. The van der Waals surface area contributed by atoms with Gasteiger partial charge in [-0.2, -0.15) is 0 Å². The van der Waals surface area contributed by atoms with Gasteiger partial charge in [-0.1, -0.05) is 45.4 Å². The summed E-state index contributed by atoms with van der Waals surface area (Å²) < 4.78 is 0. The van der Waals surface area contributed by atoms with E-state index in [1.54, 1.807) is 0 Å². The van der Waals surface area contributed by atoms with Crippen LogP contribution in [0.2, 0.25) is 0 Å². The maximum absolute atomic E-state index is 6.06. The van der Waals surface area contributed by atoms with Crippen LogP contribution in [0, 0.1) is 11.8 Å². The van der Waals surface area contributed by atoms with Gasteiger partial charge in [-0.15, -0.1) is 0 Å². The highest BCUT2D eigenvalue weighted by atomic mass is 15.2. The molecule has 1 heterocycles. The first kappa shape index (κ1) is 15.3. The lowest BCUT2D eigenvalue weighted by molar-refractivity contribution is 0.0722. The van der Waals surface area contributed by atoms with Gasteiger partial charge in [0.1, 0.15) is 0 Å².